The minimum absolute atomic E-state index is 0.0371. The minimum atomic E-state index is -0.851. The van der Waals surface area contributed by atoms with Crippen LogP contribution in [0.1, 0.15) is 42.7 Å². The number of carbonyl (C=O) groups is 3. The summed E-state index contributed by atoms with van der Waals surface area (Å²) < 4.78 is 11.3. The molecule has 2 heterocycles. The molecular weight excluding hydrogens is 448 g/mol. The zero-order valence-corrected chi connectivity index (χ0v) is 19.5. The third-order valence-electron chi connectivity index (χ3n) is 7.28. The van der Waals surface area contributed by atoms with Crippen LogP contribution >= 0.6 is 0 Å². The molecule has 2 aliphatic heterocycles. The van der Waals surface area contributed by atoms with Crippen LogP contribution in [-0.2, 0) is 19.1 Å². The minimum Gasteiger partial charge on any atom is -0.481 e. The van der Waals surface area contributed by atoms with Crippen LogP contribution in [0.5, 0.6) is 0 Å². The Morgan fingerprint density at radius 2 is 1.71 bits per heavy atom. The molecule has 1 aliphatic carbocycles. The average molecular weight is 479 g/mol. The van der Waals surface area contributed by atoms with Crippen LogP contribution in [-0.4, -0.2) is 66.4 Å². The van der Waals surface area contributed by atoms with Crippen molar-refractivity contribution in [3.05, 3.63) is 59.7 Å². The van der Waals surface area contributed by atoms with Crippen LogP contribution in [0.4, 0.5) is 4.79 Å². The summed E-state index contributed by atoms with van der Waals surface area (Å²) in [5.41, 5.74) is 4.60. The van der Waals surface area contributed by atoms with Gasteiger partial charge >= 0.3 is 12.1 Å². The number of carboxylic acid groups (broad SMARTS) is 1. The fourth-order valence-electron chi connectivity index (χ4n) is 5.63. The monoisotopic (exact) mass is 478 g/mol. The highest BCUT2D eigenvalue weighted by Crippen LogP contribution is 2.44. The molecule has 2 saturated heterocycles. The molecule has 0 bridgehead atoms. The molecule has 8 nitrogen and oxygen atoms in total. The number of hydrogen-bond donors (Lipinski definition) is 2. The van der Waals surface area contributed by atoms with Crippen LogP contribution in [0.15, 0.2) is 48.5 Å². The maximum absolute atomic E-state index is 13.1. The third-order valence-corrected chi connectivity index (χ3v) is 7.28. The van der Waals surface area contributed by atoms with Gasteiger partial charge in [0.25, 0.3) is 5.91 Å². The Morgan fingerprint density at radius 1 is 1.03 bits per heavy atom. The summed E-state index contributed by atoms with van der Waals surface area (Å²) in [6, 6.07) is 15.8. The number of nitrogens with zero attached hydrogens (tertiary/aromatic N) is 1. The van der Waals surface area contributed by atoms with Crippen molar-refractivity contribution in [2.45, 2.75) is 43.7 Å². The Morgan fingerprint density at radius 3 is 2.40 bits per heavy atom. The van der Waals surface area contributed by atoms with Crippen molar-refractivity contribution in [2.24, 2.45) is 5.92 Å². The lowest BCUT2D eigenvalue weighted by atomic mass is 9.94. The Bertz CT molecular complexity index is 1070. The summed E-state index contributed by atoms with van der Waals surface area (Å²) >= 11 is 0. The van der Waals surface area contributed by atoms with Crippen LogP contribution < -0.4 is 5.32 Å². The van der Waals surface area contributed by atoms with E-state index in [9.17, 15) is 14.4 Å². The number of nitrogens with one attached hydrogen (secondary N) is 1. The number of rotatable bonds is 6. The summed E-state index contributed by atoms with van der Waals surface area (Å²) in [5.74, 6) is -1.14. The lowest BCUT2D eigenvalue weighted by Gasteiger charge is -2.34. The van der Waals surface area contributed by atoms with Crippen LogP contribution in [0.3, 0.4) is 0 Å². The Kier molecular flexibility index (Phi) is 6.72. The van der Waals surface area contributed by atoms with E-state index in [1.165, 1.54) is 0 Å². The van der Waals surface area contributed by atoms with Gasteiger partial charge in [0.2, 0.25) is 0 Å². The Balaban J connectivity index is 1.19. The fourth-order valence-corrected chi connectivity index (χ4v) is 5.63. The van der Waals surface area contributed by atoms with Crippen molar-refractivity contribution < 1.29 is 29.0 Å². The van der Waals surface area contributed by atoms with Crippen molar-refractivity contribution in [1.29, 1.82) is 0 Å². The molecule has 0 aromatic heterocycles. The number of ether oxygens (including phenoxy) is 2. The van der Waals surface area contributed by atoms with E-state index in [1.807, 2.05) is 24.3 Å². The number of alkyl carbamates (subject to hydrolysis) is 1. The predicted octanol–water partition coefficient (Wildman–Crippen LogP) is 3.40. The predicted molar refractivity (Wildman–Crippen MR) is 128 cm³/mol. The van der Waals surface area contributed by atoms with E-state index in [0.29, 0.717) is 26.1 Å². The molecule has 2 aromatic rings. The Hall–Kier alpha value is -3.39. The molecule has 35 heavy (non-hydrogen) atoms. The highest BCUT2D eigenvalue weighted by Gasteiger charge is 2.39. The topological polar surface area (TPSA) is 105 Å². The molecule has 3 aliphatic rings. The van der Waals surface area contributed by atoms with Gasteiger partial charge in [0.1, 0.15) is 6.61 Å². The van der Waals surface area contributed by atoms with Crippen molar-refractivity contribution in [3.8, 4) is 11.1 Å². The highest BCUT2D eigenvalue weighted by molar-refractivity contribution is 5.83. The molecule has 2 N–H and O–H groups in total. The van der Waals surface area contributed by atoms with Crippen LogP contribution in [0.2, 0.25) is 0 Å². The third kappa shape index (κ3) is 4.89. The maximum Gasteiger partial charge on any atom is 0.407 e. The molecule has 2 fully saturated rings. The number of aliphatic carboxylic acids is 1. The highest BCUT2D eigenvalue weighted by atomic mass is 16.6. The first kappa shape index (κ1) is 23.4. The van der Waals surface area contributed by atoms with Gasteiger partial charge in [0, 0.05) is 32.0 Å². The van der Waals surface area contributed by atoms with E-state index in [0.717, 1.165) is 35.1 Å². The number of piperidine rings is 1. The zero-order chi connectivity index (χ0) is 24.4. The first-order chi connectivity index (χ1) is 17.0. The molecule has 1 unspecified atom stereocenters. The molecule has 2 amide bonds. The number of fused-ring (bicyclic) bond motifs is 3. The van der Waals surface area contributed by atoms with E-state index in [-0.39, 0.29) is 30.8 Å². The second-order valence-corrected chi connectivity index (χ2v) is 9.55. The average Bonchev–Trinajstić information content (AvgIpc) is 3.44. The van der Waals surface area contributed by atoms with Gasteiger partial charge in [-0.05, 0) is 47.4 Å². The number of benzene rings is 2. The Labute approximate surface area is 204 Å². The molecule has 0 saturated carbocycles. The molecular formula is C27H30N2O6. The quantitative estimate of drug-likeness (QED) is 0.659. The maximum atomic E-state index is 13.1. The largest absolute Gasteiger partial charge is 0.481 e. The molecule has 3 atom stereocenters. The first-order valence-corrected chi connectivity index (χ1v) is 12.2. The van der Waals surface area contributed by atoms with E-state index in [4.69, 9.17) is 14.6 Å². The van der Waals surface area contributed by atoms with Crippen LogP contribution in [0.25, 0.3) is 11.1 Å². The normalized spacial score (nSPS) is 23.4. The SMILES string of the molecule is O=C(O)CC1CCCN(C(=O)[C@H]2OCC[C@H]2NC(=O)OCC2c3ccccc3-c3ccccc32)C1. The van der Waals surface area contributed by atoms with Crippen molar-refractivity contribution >= 4 is 18.0 Å². The number of carbonyl (C=O) groups excluding carboxylic acids is 2. The molecule has 184 valence electrons. The van der Waals surface area contributed by atoms with Gasteiger partial charge in [-0.1, -0.05) is 48.5 Å². The first-order valence-electron chi connectivity index (χ1n) is 12.2. The lowest BCUT2D eigenvalue weighted by molar-refractivity contribution is -0.146. The lowest BCUT2D eigenvalue weighted by Crippen LogP contribution is -2.52. The van der Waals surface area contributed by atoms with Gasteiger partial charge in [-0.15, -0.1) is 0 Å². The summed E-state index contributed by atoms with van der Waals surface area (Å²) in [6.45, 7) is 1.56. The number of likely N-dealkylation sites (tertiary alicyclic amines) is 1. The summed E-state index contributed by atoms with van der Waals surface area (Å²) in [6.07, 6.45) is 0.787. The van der Waals surface area contributed by atoms with Gasteiger partial charge in [-0.3, -0.25) is 9.59 Å². The van der Waals surface area contributed by atoms with E-state index in [1.54, 1.807) is 4.90 Å². The van der Waals surface area contributed by atoms with E-state index in [2.05, 4.69) is 29.6 Å². The second-order valence-electron chi connectivity index (χ2n) is 9.55. The molecule has 0 spiro atoms. The van der Waals surface area contributed by atoms with Gasteiger partial charge in [0.05, 0.1) is 6.04 Å². The summed E-state index contributed by atoms with van der Waals surface area (Å²) in [5, 5.41) is 11.9. The zero-order valence-electron chi connectivity index (χ0n) is 19.5. The molecule has 2 aromatic carbocycles. The smallest absolute Gasteiger partial charge is 0.407 e. The van der Waals surface area contributed by atoms with E-state index >= 15 is 0 Å². The fraction of sp³-hybridized carbons (Fsp3) is 0.444. The number of hydrogen-bond acceptors (Lipinski definition) is 5. The van der Waals surface area contributed by atoms with Gasteiger partial charge < -0.3 is 24.8 Å². The van der Waals surface area contributed by atoms with Gasteiger partial charge in [-0.2, -0.15) is 0 Å². The van der Waals surface area contributed by atoms with Gasteiger partial charge in [-0.25, -0.2) is 4.79 Å². The molecule has 5 rings (SSSR count). The van der Waals surface area contributed by atoms with Crippen molar-refractivity contribution in [2.75, 3.05) is 26.3 Å². The number of amides is 2. The van der Waals surface area contributed by atoms with E-state index < -0.39 is 24.2 Å². The van der Waals surface area contributed by atoms with Crippen LogP contribution in [0, 0.1) is 5.92 Å². The van der Waals surface area contributed by atoms with Gasteiger partial charge in [0.15, 0.2) is 6.10 Å². The standard InChI is InChI=1S/C27H30N2O6/c30-24(31)14-17-6-5-12-29(15-17)26(32)25-23(11-13-34-25)28-27(33)35-16-22-20-9-3-1-7-18(20)19-8-2-4-10-21(19)22/h1-4,7-10,17,22-23,25H,5-6,11-16H2,(H,28,33)(H,30,31)/t17?,23-,25+/m1/s1. The van der Waals surface area contributed by atoms with Crippen molar-refractivity contribution in [3.63, 3.8) is 0 Å². The molecule has 0 radical (unpaired) electrons. The van der Waals surface area contributed by atoms with Crippen molar-refractivity contribution in [1.82, 2.24) is 10.2 Å². The summed E-state index contributed by atoms with van der Waals surface area (Å²) in [7, 11) is 0. The molecule has 8 heteroatoms. The second kappa shape index (κ2) is 10.1. The number of carboxylic acids is 1. The summed E-state index contributed by atoms with van der Waals surface area (Å²) in [4.78, 5) is 38.6.